The number of rotatable bonds is 3. The summed E-state index contributed by atoms with van der Waals surface area (Å²) in [5, 5.41) is 2.95. The maximum absolute atomic E-state index is 12.0. The number of nitrogens with one attached hydrogen (secondary N) is 1. The molecule has 98 valence electrons. The number of nitrogens with two attached hydrogens (primary N) is 1. The van der Waals surface area contributed by atoms with Gasteiger partial charge in [-0.2, -0.15) is 0 Å². The van der Waals surface area contributed by atoms with Crippen LogP contribution in [0.15, 0.2) is 28.7 Å². The molecule has 0 heterocycles. The average Bonchev–Trinajstić information content (AvgIpc) is 2.38. The first-order chi connectivity index (χ1) is 8.59. The highest BCUT2D eigenvalue weighted by Crippen LogP contribution is 2.25. The average molecular weight is 311 g/mol. The second-order valence-corrected chi connectivity index (χ2v) is 6.03. The monoisotopic (exact) mass is 310 g/mol. The minimum atomic E-state index is -0.205. The lowest BCUT2D eigenvalue weighted by molar-refractivity contribution is 0.0937. The Bertz CT molecular complexity index is 410. The Hall–Kier alpha value is -0.870. The van der Waals surface area contributed by atoms with Gasteiger partial charge in [0, 0.05) is 22.1 Å². The Labute approximate surface area is 116 Å². The number of benzene rings is 1. The SMILES string of the molecule is NC1(CNC(=O)c2ccc(Br)cc2)CCCCC1. The van der Waals surface area contributed by atoms with Crippen LogP contribution in [0, 0.1) is 0 Å². The molecule has 3 N–H and O–H groups in total. The number of amides is 1. The third-order valence-corrected chi connectivity index (χ3v) is 4.09. The van der Waals surface area contributed by atoms with E-state index in [0.29, 0.717) is 12.1 Å². The largest absolute Gasteiger partial charge is 0.350 e. The van der Waals surface area contributed by atoms with Crippen molar-refractivity contribution in [3.8, 4) is 0 Å². The normalized spacial score (nSPS) is 18.3. The summed E-state index contributed by atoms with van der Waals surface area (Å²) in [4.78, 5) is 12.0. The summed E-state index contributed by atoms with van der Waals surface area (Å²) in [6, 6.07) is 7.36. The maximum Gasteiger partial charge on any atom is 0.251 e. The van der Waals surface area contributed by atoms with Crippen molar-refractivity contribution in [2.24, 2.45) is 5.73 Å². The quantitative estimate of drug-likeness (QED) is 0.902. The molecule has 1 aromatic rings. The molecular weight excluding hydrogens is 292 g/mol. The van der Waals surface area contributed by atoms with Crippen LogP contribution in [0.4, 0.5) is 0 Å². The maximum atomic E-state index is 12.0. The minimum absolute atomic E-state index is 0.0436. The lowest BCUT2D eigenvalue weighted by Gasteiger charge is -2.33. The predicted octanol–water partition coefficient (Wildman–Crippen LogP) is 2.84. The minimum Gasteiger partial charge on any atom is -0.350 e. The first-order valence-electron chi connectivity index (χ1n) is 6.42. The fourth-order valence-corrected chi connectivity index (χ4v) is 2.66. The number of hydrogen-bond donors (Lipinski definition) is 2. The zero-order valence-electron chi connectivity index (χ0n) is 10.4. The molecule has 1 fully saturated rings. The third-order valence-electron chi connectivity index (χ3n) is 3.56. The summed E-state index contributed by atoms with van der Waals surface area (Å²) in [6.45, 7) is 0.571. The molecule has 1 aliphatic rings. The van der Waals surface area contributed by atoms with Gasteiger partial charge >= 0.3 is 0 Å². The fourth-order valence-electron chi connectivity index (χ4n) is 2.39. The summed E-state index contributed by atoms with van der Waals surface area (Å²) >= 11 is 3.35. The van der Waals surface area contributed by atoms with Crippen molar-refractivity contribution >= 4 is 21.8 Å². The van der Waals surface area contributed by atoms with Crippen molar-refractivity contribution < 1.29 is 4.79 Å². The zero-order valence-corrected chi connectivity index (χ0v) is 12.0. The Balaban J connectivity index is 1.89. The first kappa shape index (κ1) is 13.6. The number of carbonyl (C=O) groups excluding carboxylic acids is 1. The molecule has 0 aromatic heterocycles. The zero-order chi connectivity index (χ0) is 13.0. The number of carbonyl (C=O) groups is 1. The molecule has 3 nitrogen and oxygen atoms in total. The van der Waals surface area contributed by atoms with Gasteiger partial charge in [0.2, 0.25) is 0 Å². The van der Waals surface area contributed by atoms with Crippen molar-refractivity contribution in [2.45, 2.75) is 37.6 Å². The Morgan fingerprint density at radius 1 is 1.22 bits per heavy atom. The van der Waals surface area contributed by atoms with Gasteiger partial charge in [-0.1, -0.05) is 35.2 Å². The molecule has 1 saturated carbocycles. The van der Waals surface area contributed by atoms with E-state index < -0.39 is 0 Å². The molecule has 18 heavy (non-hydrogen) atoms. The second-order valence-electron chi connectivity index (χ2n) is 5.11. The van der Waals surface area contributed by atoms with E-state index >= 15 is 0 Å². The van der Waals surface area contributed by atoms with Gasteiger partial charge in [-0.05, 0) is 37.1 Å². The predicted molar refractivity (Wildman–Crippen MR) is 76.5 cm³/mol. The van der Waals surface area contributed by atoms with Crippen LogP contribution in [0.5, 0.6) is 0 Å². The highest BCUT2D eigenvalue weighted by atomic mass is 79.9. The van der Waals surface area contributed by atoms with E-state index in [0.717, 1.165) is 17.3 Å². The van der Waals surface area contributed by atoms with E-state index in [9.17, 15) is 4.79 Å². The van der Waals surface area contributed by atoms with Crippen LogP contribution < -0.4 is 11.1 Å². The van der Waals surface area contributed by atoms with Gasteiger partial charge in [0.05, 0.1) is 0 Å². The molecule has 0 radical (unpaired) electrons. The Morgan fingerprint density at radius 2 is 1.83 bits per heavy atom. The molecule has 1 amide bonds. The van der Waals surface area contributed by atoms with Crippen molar-refractivity contribution in [3.05, 3.63) is 34.3 Å². The highest BCUT2D eigenvalue weighted by Gasteiger charge is 2.27. The molecule has 0 atom stereocenters. The van der Waals surface area contributed by atoms with Crippen molar-refractivity contribution in [1.29, 1.82) is 0 Å². The van der Waals surface area contributed by atoms with Crippen LogP contribution in [0.25, 0.3) is 0 Å². The van der Waals surface area contributed by atoms with Crippen LogP contribution in [-0.2, 0) is 0 Å². The number of halogens is 1. The summed E-state index contributed by atoms with van der Waals surface area (Å²) in [5.74, 6) is -0.0436. The van der Waals surface area contributed by atoms with Gasteiger partial charge in [-0.25, -0.2) is 0 Å². The van der Waals surface area contributed by atoms with E-state index in [-0.39, 0.29) is 11.4 Å². The molecule has 4 heteroatoms. The van der Waals surface area contributed by atoms with Crippen LogP contribution >= 0.6 is 15.9 Å². The van der Waals surface area contributed by atoms with E-state index in [1.165, 1.54) is 19.3 Å². The topological polar surface area (TPSA) is 55.1 Å². The standard InChI is InChI=1S/C14H19BrN2O/c15-12-6-4-11(5-7-12)13(18)17-10-14(16)8-2-1-3-9-14/h4-7H,1-3,8-10,16H2,(H,17,18). The van der Waals surface area contributed by atoms with Crippen molar-refractivity contribution in [3.63, 3.8) is 0 Å². The molecule has 0 unspecified atom stereocenters. The van der Waals surface area contributed by atoms with Crippen LogP contribution in [-0.4, -0.2) is 18.0 Å². The van der Waals surface area contributed by atoms with Gasteiger partial charge in [0.15, 0.2) is 0 Å². The fraction of sp³-hybridized carbons (Fsp3) is 0.500. The van der Waals surface area contributed by atoms with Crippen LogP contribution in [0.1, 0.15) is 42.5 Å². The van der Waals surface area contributed by atoms with Crippen LogP contribution in [0.2, 0.25) is 0 Å². The van der Waals surface area contributed by atoms with Gasteiger partial charge in [-0.3, -0.25) is 4.79 Å². The third kappa shape index (κ3) is 3.56. The van der Waals surface area contributed by atoms with Gasteiger partial charge < -0.3 is 11.1 Å². The molecule has 0 spiro atoms. The molecular formula is C14H19BrN2O. The lowest BCUT2D eigenvalue weighted by atomic mass is 9.82. The summed E-state index contributed by atoms with van der Waals surface area (Å²) in [5.41, 5.74) is 6.76. The van der Waals surface area contributed by atoms with Gasteiger partial charge in [0.25, 0.3) is 5.91 Å². The lowest BCUT2D eigenvalue weighted by Crippen LogP contribution is -2.51. The molecule has 0 bridgehead atoms. The summed E-state index contributed by atoms with van der Waals surface area (Å²) in [6.07, 6.45) is 5.62. The van der Waals surface area contributed by atoms with Gasteiger partial charge in [-0.15, -0.1) is 0 Å². The Kier molecular flexibility index (Phi) is 4.40. The van der Waals surface area contributed by atoms with E-state index in [1.54, 1.807) is 0 Å². The molecule has 0 aliphatic heterocycles. The molecule has 2 rings (SSSR count). The van der Waals surface area contributed by atoms with E-state index in [2.05, 4.69) is 21.2 Å². The summed E-state index contributed by atoms with van der Waals surface area (Å²) < 4.78 is 0.974. The Morgan fingerprint density at radius 3 is 2.44 bits per heavy atom. The van der Waals surface area contributed by atoms with E-state index in [1.807, 2.05) is 24.3 Å². The number of hydrogen-bond acceptors (Lipinski definition) is 2. The van der Waals surface area contributed by atoms with Gasteiger partial charge in [0.1, 0.15) is 0 Å². The van der Waals surface area contributed by atoms with Crippen molar-refractivity contribution in [2.75, 3.05) is 6.54 Å². The van der Waals surface area contributed by atoms with Crippen molar-refractivity contribution in [1.82, 2.24) is 5.32 Å². The molecule has 0 saturated heterocycles. The molecule has 1 aliphatic carbocycles. The molecule has 1 aromatic carbocycles. The van der Waals surface area contributed by atoms with Crippen LogP contribution in [0.3, 0.4) is 0 Å². The second kappa shape index (κ2) is 5.85. The summed E-state index contributed by atoms with van der Waals surface area (Å²) in [7, 11) is 0. The smallest absolute Gasteiger partial charge is 0.251 e. The first-order valence-corrected chi connectivity index (χ1v) is 7.21. The highest BCUT2D eigenvalue weighted by molar-refractivity contribution is 9.10. The van der Waals surface area contributed by atoms with E-state index in [4.69, 9.17) is 5.73 Å².